The van der Waals surface area contributed by atoms with Crippen molar-refractivity contribution in [2.75, 3.05) is 9.80 Å². The number of hydrogen-bond acceptors (Lipinski definition) is 2. The van der Waals surface area contributed by atoms with E-state index in [9.17, 15) is 0 Å². The Labute approximate surface area is 646 Å². The Morgan fingerprint density at radius 3 is 1.24 bits per heavy atom. The van der Waals surface area contributed by atoms with E-state index in [0.717, 1.165) is 66.2 Å². The van der Waals surface area contributed by atoms with Gasteiger partial charge in [-0.2, -0.15) is 0 Å². The second-order valence-corrected chi connectivity index (χ2v) is 31.0. The van der Waals surface area contributed by atoms with Crippen LogP contribution in [0.4, 0.5) is 34.1 Å². The zero-order valence-corrected chi connectivity index (χ0v) is 63.4. The van der Waals surface area contributed by atoms with Crippen LogP contribution in [0.25, 0.3) is 88.3 Å². The van der Waals surface area contributed by atoms with E-state index in [1.807, 2.05) is 12.2 Å². The molecule has 109 heavy (non-hydrogen) atoms. The Morgan fingerprint density at radius 2 is 0.752 bits per heavy atom. The van der Waals surface area contributed by atoms with Crippen LogP contribution in [0.3, 0.4) is 0 Å². The van der Waals surface area contributed by atoms with Crippen LogP contribution in [-0.2, 0) is 23.7 Å². The maximum atomic E-state index is 4.01. The van der Waals surface area contributed by atoms with Crippen molar-refractivity contribution in [3.63, 3.8) is 0 Å². The zero-order chi connectivity index (χ0) is 73.9. The first-order valence-electron chi connectivity index (χ1n) is 40.0. The van der Waals surface area contributed by atoms with Gasteiger partial charge in [0, 0.05) is 45.0 Å². The second kappa shape index (κ2) is 30.4. The summed E-state index contributed by atoms with van der Waals surface area (Å²) in [4.78, 5) is 4.83. The molecule has 2 unspecified atom stereocenters. The lowest BCUT2D eigenvalue weighted by Gasteiger charge is -2.48. The van der Waals surface area contributed by atoms with Crippen LogP contribution in [0.15, 0.2) is 359 Å². The Bertz CT molecular complexity index is 5720. The molecule has 534 valence electrons. The van der Waals surface area contributed by atoms with Crippen molar-refractivity contribution in [1.29, 1.82) is 0 Å². The number of allylic oxidation sites excluding steroid dienone is 6. The van der Waals surface area contributed by atoms with Gasteiger partial charge in [-0.05, 0) is 250 Å². The van der Waals surface area contributed by atoms with Crippen molar-refractivity contribution in [3.8, 4) is 66.8 Å². The predicted octanol–water partition coefficient (Wildman–Crippen LogP) is 30.1. The van der Waals surface area contributed by atoms with Gasteiger partial charge in [-0.25, -0.2) is 0 Å². The van der Waals surface area contributed by atoms with Gasteiger partial charge in [0.2, 0.25) is 0 Å². The average molecular weight is 1410 g/mol. The summed E-state index contributed by atoms with van der Waals surface area (Å²) in [6, 6.07) is 118. The summed E-state index contributed by atoms with van der Waals surface area (Å²) in [7, 11) is 0. The van der Waals surface area contributed by atoms with Crippen molar-refractivity contribution < 1.29 is 0 Å². The van der Waals surface area contributed by atoms with E-state index >= 15 is 0 Å². The molecule has 3 aliphatic carbocycles. The first kappa shape index (κ1) is 70.2. The highest BCUT2D eigenvalue weighted by molar-refractivity contribution is 5.96. The summed E-state index contributed by atoms with van der Waals surface area (Å²) in [5.74, 6) is 0. The van der Waals surface area contributed by atoms with E-state index in [2.05, 4.69) is 377 Å². The Kier molecular flexibility index (Phi) is 19.6. The van der Waals surface area contributed by atoms with Crippen molar-refractivity contribution in [3.05, 3.63) is 398 Å². The van der Waals surface area contributed by atoms with E-state index in [1.165, 1.54) is 179 Å². The molecule has 2 nitrogen and oxygen atoms in total. The number of fused-ring (bicyclic) bond motifs is 8. The number of anilines is 6. The van der Waals surface area contributed by atoms with E-state index in [4.69, 9.17) is 0 Å². The fraction of sp³-hybridized carbons (Fsp3) is 0.178. The largest absolute Gasteiger partial charge is 0.310 e. The number of rotatable bonds is 26. The lowest BCUT2D eigenvalue weighted by molar-refractivity contribution is 0.292. The van der Waals surface area contributed by atoms with E-state index in [-0.39, 0.29) is 10.8 Å². The van der Waals surface area contributed by atoms with Gasteiger partial charge in [-0.15, -0.1) is 13.2 Å². The molecule has 14 aromatic rings. The van der Waals surface area contributed by atoms with Crippen molar-refractivity contribution in [1.82, 2.24) is 0 Å². The lowest BCUT2D eigenvalue weighted by Crippen LogP contribution is -2.44. The molecule has 3 aliphatic rings. The quantitative estimate of drug-likeness (QED) is 0.0394. The van der Waals surface area contributed by atoms with Crippen molar-refractivity contribution in [2.45, 2.75) is 115 Å². The normalized spacial score (nSPS) is 15.7. The summed E-state index contributed by atoms with van der Waals surface area (Å²) >= 11 is 0. The van der Waals surface area contributed by atoms with Gasteiger partial charge in [-0.3, -0.25) is 0 Å². The first-order chi connectivity index (χ1) is 53.7. The van der Waals surface area contributed by atoms with Gasteiger partial charge in [0.05, 0.1) is 5.41 Å². The third-order valence-electron chi connectivity index (χ3n) is 24.3. The third kappa shape index (κ3) is 13.1. The molecule has 2 heteroatoms. The smallest absolute Gasteiger partial charge is 0.0554 e. The van der Waals surface area contributed by atoms with Gasteiger partial charge in [0.15, 0.2) is 0 Å². The number of nitrogens with zero attached hydrogens (tertiary/aromatic N) is 2. The second-order valence-electron chi connectivity index (χ2n) is 31.0. The molecule has 17 rings (SSSR count). The fourth-order valence-corrected chi connectivity index (χ4v) is 18.8. The first-order valence-corrected chi connectivity index (χ1v) is 40.0. The predicted molar refractivity (Wildman–Crippen MR) is 467 cm³/mol. The average Bonchev–Trinajstić information content (AvgIpc) is 1.51. The number of unbranched alkanes of at least 4 members (excludes halogenated alkanes) is 6. The molecule has 0 fully saturated rings. The molecule has 0 bridgehead atoms. The fourth-order valence-electron chi connectivity index (χ4n) is 18.8. The molecule has 0 N–H and O–H groups in total. The minimum absolute atomic E-state index is 0.198. The molecule has 0 aliphatic heterocycles. The Hall–Kier alpha value is -11.8. The van der Waals surface area contributed by atoms with Crippen LogP contribution in [0.5, 0.6) is 0 Å². The molecule has 14 aromatic carbocycles. The standard InChI is InChI=1S/C107H96N2/c1-6-10-12-24-66-106(67-25-13-11-7-2)102-73-89(83-46-58-94(59-47-83)109(96-61-49-79-33-19-21-35-87(79)71-96)92-54-42-81(43-55-92)85-37-27-31-77(69-85)29-9-4)50-62-97(102)99-74-100-98-72-88(51-63-101(98)107(104(100)75-103(99)106,90-38-16-14-17-39-90)105(5)64-22-15-23-65-105)82-44-56-93(57-45-82)108(95-60-48-78-32-18-20-34-86(78)70-95)91-52-40-80(41-53-91)84-36-26-30-76(68-84)28-8-3/h8-9,14-23,26-27,30-64,68-75H,3-4,6-7,10-13,24-25,28-29,65-67H2,1-2,5H3. The SMILES string of the molecule is C=CCc1cccc(-c2ccc(N(c3ccc(-c4ccc5c(c4)-c4cc6c(cc4C5(c4ccccc4)C4(C)C=CC=CC4)C(CCCCCC)(CCCCCC)c4cc(-c5ccc(N(c7ccc(-c8cccc(CC=C)c8)cc7)c7ccc8ccccc8c7)cc5)ccc4-6)cc3)c3ccc4ccccc4c3)cc2)c1. The van der Waals surface area contributed by atoms with Gasteiger partial charge in [-0.1, -0.05) is 327 Å². The Balaban J connectivity index is 0.790. The van der Waals surface area contributed by atoms with Crippen LogP contribution in [-0.4, -0.2) is 0 Å². The highest BCUT2D eigenvalue weighted by Gasteiger charge is 2.57. The van der Waals surface area contributed by atoms with Crippen LogP contribution >= 0.6 is 0 Å². The summed E-state index contributed by atoms with van der Waals surface area (Å²) in [5, 5.41) is 4.88. The molecule has 0 saturated carbocycles. The minimum atomic E-state index is -0.514. The van der Waals surface area contributed by atoms with E-state index in [0.29, 0.717) is 0 Å². The maximum absolute atomic E-state index is 4.01. The maximum Gasteiger partial charge on any atom is 0.0554 e. The van der Waals surface area contributed by atoms with Crippen LogP contribution in [0.2, 0.25) is 0 Å². The zero-order valence-electron chi connectivity index (χ0n) is 63.4. The third-order valence-corrected chi connectivity index (χ3v) is 24.3. The van der Waals surface area contributed by atoms with Gasteiger partial charge < -0.3 is 9.80 Å². The molecule has 0 amide bonds. The summed E-state index contributed by atoms with van der Waals surface area (Å²) in [6.45, 7) is 15.3. The number of benzene rings is 14. The van der Waals surface area contributed by atoms with Crippen molar-refractivity contribution >= 4 is 55.7 Å². The molecule has 0 saturated heterocycles. The molecule has 0 spiro atoms. The molecular weight excluding hydrogens is 1310 g/mol. The highest BCUT2D eigenvalue weighted by Crippen LogP contribution is 2.66. The summed E-state index contributed by atoms with van der Waals surface area (Å²) in [6.07, 6.45) is 28.0. The Morgan fingerprint density at radius 1 is 0.321 bits per heavy atom. The number of hydrogen-bond donors (Lipinski definition) is 0. The van der Waals surface area contributed by atoms with E-state index in [1.54, 1.807) is 0 Å². The molecule has 0 aromatic heterocycles. The summed E-state index contributed by atoms with van der Waals surface area (Å²) in [5.41, 5.74) is 30.5. The van der Waals surface area contributed by atoms with Gasteiger partial charge in [0.1, 0.15) is 0 Å². The van der Waals surface area contributed by atoms with Crippen LogP contribution < -0.4 is 9.80 Å². The summed E-state index contributed by atoms with van der Waals surface area (Å²) < 4.78 is 0. The van der Waals surface area contributed by atoms with Crippen LogP contribution in [0.1, 0.15) is 130 Å². The highest BCUT2D eigenvalue weighted by atomic mass is 15.1. The van der Waals surface area contributed by atoms with Crippen molar-refractivity contribution in [2.24, 2.45) is 5.41 Å². The monoisotopic (exact) mass is 1410 g/mol. The van der Waals surface area contributed by atoms with Gasteiger partial charge >= 0.3 is 0 Å². The van der Waals surface area contributed by atoms with Gasteiger partial charge in [0.25, 0.3) is 0 Å². The minimum Gasteiger partial charge on any atom is -0.310 e. The molecule has 0 radical (unpaired) electrons. The topological polar surface area (TPSA) is 6.48 Å². The molecule has 2 atom stereocenters. The lowest BCUT2D eigenvalue weighted by atomic mass is 9.54. The van der Waals surface area contributed by atoms with Crippen LogP contribution in [0, 0.1) is 5.41 Å². The molecule has 0 heterocycles. The van der Waals surface area contributed by atoms with E-state index < -0.39 is 5.41 Å². The molecular formula is C107H96N2.